The molecule has 1 saturated heterocycles. The van der Waals surface area contributed by atoms with E-state index in [1.807, 2.05) is 6.07 Å². The summed E-state index contributed by atoms with van der Waals surface area (Å²) in [5.41, 5.74) is 1.32. The molecule has 2 amide bonds. The first-order chi connectivity index (χ1) is 9.56. The number of amides is 2. The Morgan fingerprint density at radius 3 is 2.75 bits per heavy atom. The molecule has 0 spiro atoms. The zero-order chi connectivity index (χ0) is 14.5. The van der Waals surface area contributed by atoms with Crippen molar-refractivity contribution in [2.45, 2.75) is 25.7 Å². The molecule has 1 aliphatic rings. The Bertz CT molecular complexity index is 542. The molecule has 6 nitrogen and oxygen atoms in total. The molecule has 0 saturated carbocycles. The lowest BCUT2D eigenvalue weighted by atomic mass is 10.2. The number of benzene rings is 1. The number of nitrogens with zero attached hydrogens (tertiary/aromatic N) is 1. The van der Waals surface area contributed by atoms with E-state index in [4.69, 9.17) is 5.11 Å². The van der Waals surface area contributed by atoms with Gasteiger partial charge in [-0.15, -0.1) is 0 Å². The smallest absolute Gasteiger partial charge is 0.303 e. The van der Waals surface area contributed by atoms with Crippen molar-refractivity contribution in [3.05, 3.63) is 24.3 Å². The fourth-order valence-electron chi connectivity index (χ4n) is 2.12. The number of rotatable bonds is 5. The molecule has 0 aliphatic carbocycles. The molecule has 2 N–H and O–H groups in total. The van der Waals surface area contributed by atoms with Crippen molar-refractivity contribution in [3.8, 4) is 0 Å². The highest BCUT2D eigenvalue weighted by atomic mass is 16.4. The van der Waals surface area contributed by atoms with Gasteiger partial charge in [-0.2, -0.15) is 0 Å². The van der Waals surface area contributed by atoms with Crippen molar-refractivity contribution in [3.63, 3.8) is 0 Å². The Morgan fingerprint density at radius 2 is 2.10 bits per heavy atom. The van der Waals surface area contributed by atoms with Gasteiger partial charge in [-0.1, -0.05) is 6.07 Å². The summed E-state index contributed by atoms with van der Waals surface area (Å²) in [6.45, 7) is 0.690. The second-order valence-electron chi connectivity index (χ2n) is 4.64. The van der Waals surface area contributed by atoms with Gasteiger partial charge in [-0.05, 0) is 24.6 Å². The van der Waals surface area contributed by atoms with E-state index in [1.165, 1.54) is 0 Å². The molecule has 2 rings (SSSR count). The molecule has 1 aromatic carbocycles. The largest absolute Gasteiger partial charge is 0.481 e. The summed E-state index contributed by atoms with van der Waals surface area (Å²) in [5.74, 6) is -1.27. The van der Waals surface area contributed by atoms with Crippen LogP contribution >= 0.6 is 0 Å². The Hall–Kier alpha value is -2.37. The predicted molar refractivity (Wildman–Crippen MR) is 73.5 cm³/mol. The van der Waals surface area contributed by atoms with Crippen LogP contribution in [0, 0.1) is 0 Å². The maximum atomic E-state index is 11.7. The van der Waals surface area contributed by atoms with E-state index in [1.54, 1.807) is 23.1 Å². The fourth-order valence-corrected chi connectivity index (χ4v) is 2.12. The molecule has 0 aromatic heterocycles. The average Bonchev–Trinajstić information content (AvgIpc) is 2.83. The molecule has 0 atom stereocenters. The molecule has 0 unspecified atom stereocenters. The molecule has 1 heterocycles. The summed E-state index contributed by atoms with van der Waals surface area (Å²) in [5, 5.41) is 11.2. The Labute approximate surface area is 116 Å². The van der Waals surface area contributed by atoms with E-state index < -0.39 is 5.97 Å². The number of carboxylic acid groups (broad SMARTS) is 1. The van der Waals surface area contributed by atoms with E-state index in [0.29, 0.717) is 18.7 Å². The summed E-state index contributed by atoms with van der Waals surface area (Å²) in [4.78, 5) is 35.3. The number of nitrogens with one attached hydrogen (secondary N) is 1. The minimum absolute atomic E-state index is 0.0673. The van der Waals surface area contributed by atoms with Crippen molar-refractivity contribution in [2.24, 2.45) is 0 Å². The van der Waals surface area contributed by atoms with Crippen molar-refractivity contribution < 1.29 is 19.5 Å². The number of aliphatic carboxylic acids is 1. The maximum Gasteiger partial charge on any atom is 0.303 e. The standard InChI is InChI=1S/C14H16N2O4/c17-12(6-7-14(19)20)15-10-3-1-4-11(9-10)16-8-2-5-13(16)18/h1,3-4,9H,2,5-8H2,(H,15,17)(H,19,20). The van der Waals surface area contributed by atoms with E-state index in [9.17, 15) is 14.4 Å². The second kappa shape index (κ2) is 6.18. The summed E-state index contributed by atoms with van der Waals surface area (Å²) in [7, 11) is 0. The first kappa shape index (κ1) is 14.0. The normalized spacial score (nSPS) is 14.4. The lowest BCUT2D eigenvalue weighted by Crippen LogP contribution is -2.23. The molecular formula is C14H16N2O4. The van der Waals surface area contributed by atoms with Crippen molar-refractivity contribution in [1.82, 2.24) is 0 Å². The van der Waals surface area contributed by atoms with E-state index >= 15 is 0 Å². The second-order valence-corrected chi connectivity index (χ2v) is 4.64. The third-order valence-corrected chi connectivity index (χ3v) is 3.08. The number of hydrogen-bond donors (Lipinski definition) is 2. The number of hydrogen-bond acceptors (Lipinski definition) is 3. The highest BCUT2D eigenvalue weighted by Gasteiger charge is 2.21. The minimum atomic E-state index is -1.00. The van der Waals surface area contributed by atoms with Crippen LogP contribution in [0.25, 0.3) is 0 Å². The Balaban J connectivity index is 2.00. The monoisotopic (exact) mass is 276 g/mol. The summed E-state index contributed by atoms with van der Waals surface area (Å²) in [6.07, 6.45) is 1.13. The first-order valence-electron chi connectivity index (χ1n) is 6.48. The third kappa shape index (κ3) is 3.57. The number of carbonyl (C=O) groups is 3. The molecule has 6 heteroatoms. The molecule has 106 valence electrons. The van der Waals surface area contributed by atoms with E-state index in [2.05, 4.69) is 5.32 Å². The van der Waals surface area contributed by atoms with Crippen LogP contribution in [0.2, 0.25) is 0 Å². The molecule has 20 heavy (non-hydrogen) atoms. The van der Waals surface area contributed by atoms with Gasteiger partial charge in [0.2, 0.25) is 11.8 Å². The van der Waals surface area contributed by atoms with Crippen LogP contribution in [0.5, 0.6) is 0 Å². The summed E-state index contributed by atoms with van der Waals surface area (Å²) in [6, 6.07) is 7.01. The van der Waals surface area contributed by atoms with Gasteiger partial charge >= 0.3 is 5.97 Å². The molecule has 0 radical (unpaired) electrons. The lowest BCUT2D eigenvalue weighted by molar-refractivity contribution is -0.138. The zero-order valence-corrected chi connectivity index (χ0v) is 11.0. The van der Waals surface area contributed by atoms with Crippen molar-refractivity contribution in [1.29, 1.82) is 0 Å². The van der Waals surface area contributed by atoms with Crippen LogP contribution in [0.1, 0.15) is 25.7 Å². The number of anilines is 2. The van der Waals surface area contributed by atoms with Crippen LogP contribution in [0.3, 0.4) is 0 Å². The number of carboxylic acids is 1. The molecule has 1 fully saturated rings. The lowest BCUT2D eigenvalue weighted by Gasteiger charge is -2.16. The Morgan fingerprint density at radius 1 is 1.30 bits per heavy atom. The maximum absolute atomic E-state index is 11.7. The van der Waals surface area contributed by atoms with Gasteiger partial charge in [0.05, 0.1) is 6.42 Å². The van der Waals surface area contributed by atoms with Crippen LogP contribution in [0.4, 0.5) is 11.4 Å². The van der Waals surface area contributed by atoms with Crippen LogP contribution in [0.15, 0.2) is 24.3 Å². The Kier molecular flexibility index (Phi) is 4.34. The van der Waals surface area contributed by atoms with Crippen LogP contribution in [-0.4, -0.2) is 29.4 Å². The summed E-state index contributed by atoms with van der Waals surface area (Å²) < 4.78 is 0. The van der Waals surface area contributed by atoms with Crippen molar-refractivity contribution in [2.75, 3.05) is 16.8 Å². The highest BCUT2D eigenvalue weighted by Crippen LogP contribution is 2.24. The van der Waals surface area contributed by atoms with Gasteiger partial charge in [-0.3, -0.25) is 14.4 Å². The quantitative estimate of drug-likeness (QED) is 0.855. The van der Waals surface area contributed by atoms with Gasteiger partial charge < -0.3 is 15.3 Å². The van der Waals surface area contributed by atoms with Gasteiger partial charge in [-0.25, -0.2) is 0 Å². The first-order valence-corrected chi connectivity index (χ1v) is 6.48. The molecule has 1 aliphatic heterocycles. The SMILES string of the molecule is O=C(O)CCC(=O)Nc1cccc(N2CCCC2=O)c1. The predicted octanol–water partition coefficient (Wildman–Crippen LogP) is 1.62. The van der Waals surface area contributed by atoms with Gasteiger partial charge in [0.1, 0.15) is 0 Å². The average molecular weight is 276 g/mol. The topological polar surface area (TPSA) is 86.7 Å². The van der Waals surface area contributed by atoms with Crippen molar-refractivity contribution >= 4 is 29.2 Å². The van der Waals surface area contributed by atoms with Crippen LogP contribution < -0.4 is 10.2 Å². The third-order valence-electron chi connectivity index (χ3n) is 3.08. The molecular weight excluding hydrogens is 260 g/mol. The minimum Gasteiger partial charge on any atom is -0.481 e. The highest BCUT2D eigenvalue weighted by molar-refractivity contribution is 5.97. The zero-order valence-electron chi connectivity index (χ0n) is 11.0. The number of carbonyl (C=O) groups excluding carboxylic acids is 2. The van der Waals surface area contributed by atoms with E-state index in [-0.39, 0.29) is 24.7 Å². The summed E-state index contributed by atoms with van der Waals surface area (Å²) >= 11 is 0. The van der Waals surface area contributed by atoms with Gasteiger partial charge in [0, 0.05) is 30.8 Å². The molecule has 0 bridgehead atoms. The van der Waals surface area contributed by atoms with Crippen LogP contribution in [-0.2, 0) is 14.4 Å². The van der Waals surface area contributed by atoms with E-state index in [0.717, 1.165) is 12.1 Å². The fraction of sp³-hybridized carbons (Fsp3) is 0.357. The van der Waals surface area contributed by atoms with Gasteiger partial charge in [0.25, 0.3) is 0 Å². The van der Waals surface area contributed by atoms with Gasteiger partial charge in [0.15, 0.2) is 0 Å². The molecule has 1 aromatic rings.